The van der Waals surface area contributed by atoms with Gasteiger partial charge in [0.15, 0.2) is 5.69 Å². The Hall–Kier alpha value is -2.18. The third kappa shape index (κ3) is 3.16. The van der Waals surface area contributed by atoms with E-state index in [0.717, 1.165) is 25.0 Å². The number of nitro groups is 1. The summed E-state index contributed by atoms with van der Waals surface area (Å²) < 4.78 is 0. The van der Waals surface area contributed by atoms with Crippen LogP contribution in [0.5, 0.6) is 0 Å². The molecule has 0 saturated carbocycles. The van der Waals surface area contributed by atoms with Gasteiger partial charge in [0.2, 0.25) is 5.82 Å². The highest BCUT2D eigenvalue weighted by Crippen LogP contribution is 2.23. The number of hydrogen-bond donors (Lipinski definition) is 2. The maximum atomic E-state index is 10.8. The van der Waals surface area contributed by atoms with Gasteiger partial charge >= 0.3 is 11.7 Å². The number of pyridine rings is 1. The van der Waals surface area contributed by atoms with Crippen LogP contribution in [0.1, 0.15) is 37.2 Å². The zero-order chi connectivity index (χ0) is 13.7. The highest BCUT2D eigenvalue weighted by Gasteiger charge is 2.19. The number of hydrogen-bond acceptors (Lipinski definition) is 5. The average Bonchev–Trinajstić information content (AvgIpc) is 2.35. The van der Waals surface area contributed by atoms with Gasteiger partial charge in [0, 0.05) is 12.1 Å². The second-order valence-corrected chi connectivity index (χ2v) is 3.78. The molecule has 7 heteroatoms. The van der Waals surface area contributed by atoms with Crippen molar-refractivity contribution in [2.45, 2.75) is 32.7 Å². The second kappa shape index (κ2) is 5.95. The molecule has 1 aromatic heterocycles. The smallest absolute Gasteiger partial charge is 0.354 e. The minimum atomic E-state index is -1.21. The summed E-state index contributed by atoms with van der Waals surface area (Å²) in [6.45, 7) is 3.88. The summed E-state index contributed by atoms with van der Waals surface area (Å²) in [5.41, 5.74) is -0.430. The minimum absolute atomic E-state index is 0.00796. The van der Waals surface area contributed by atoms with E-state index in [9.17, 15) is 14.9 Å². The molecular formula is C11H15N3O4. The van der Waals surface area contributed by atoms with Crippen LogP contribution < -0.4 is 5.32 Å². The minimum Gasteiger partial charge on any atom is -0.477 e. The van der Waals surface area contributed by atoms with E-state index >= 15 is 0 Å². The van der Waals surface area contributed by atoms with E-state index in [1.807, 2.05) is 13.8 Å². The molecule has 7 nitrogen and oxygen atoms in total. The molecule has 0 aliphatic heterocycles. The molecule has 18 heavy (non-hydrogen) atoms. The van der Waals surface area contributed by atoms with Gasteiger partial charge in [-0.1, -0.05) is 13.8 Å². The summed E-state index contributed by atoms with van der Waals surface area (Å²) >= 11 is 0. The Bertz CT molecular complexity index is 458. The third-order valence-corrected chi connectivity index (χ3v) is 2.62. The maximum absolute atomic E-state index is 10.8. The SMILES string of the molecule is CCC(CC)Nc1nc(C(=O)O)ccc1[N+](=O)[O-]. The molecule has 0 spiro atoms. The highest BCUT2D eigenvalue weighted by atomic mass is 16.6. The second-order valence-electron chi connectivity index (χ2n) is 3.78. The molecule has 1 aromatic rings. The number of rotatable bonds is 6. The lowest BCUT2D eigenvalue weighted by molar-refractivity contribution is -0.384. The topological polar surface area (TPSA) is 105 Å². The number of carboxylic acids is 1. The van der Waals surface area contributed by atoms with Crippen molar-refractivity contribution in [3.05, 3.63) is 27.9 Å². The molecule has 2 N–H and O–H groups in total. The molecule has 0 unspecified atom stereocenters. The van der Waals surface area contributed by atoms with Gasteiger partial charge in [0.25, 0.3) is 0 Å². The zero-order valence-corrected chi connectivity index (χ0v) is 10.2. The molecule has 1 heterocycles. The van der Waals surface area contributed by atoms with Crippen molar-refractivity contribution in [1.82, 2.24) is 4.98 Å². The fourth-order valence-electron chi connectivity index (χ4n) is 1.51. The maximum Gasteiger partial charge on any atom is 0.354 e. The Balaban J connectivity index is 3.14. The van der Waals surface area contributed by atoms with E-state index in [1.54, 1.807) is 0 Å². The van der Waals surface area contributed by atoms with Gasteiger partial charge in [-0.15, -0.1) is 0 Å². The third-order valence-electron chi connectivity index (χ3n) is 2.62. The van der Waals surface area contributed by atoms with Gasteiger partial charge in [0.1, 0.15) is 0 Å². The summed E-state index contributed by atoms with van der Waals surface area (Å²) in [6.07, 6.45) is 1.54. The van der Waals surface area contributed by atoms with Crippen LogP contribution in [-0.4, -0.2) is 27.0 Å². The van der Waals surface area contributed by atoms with E-state index in [0.29, 0.717) is 0 Å². The highest BCUT2D eigenvalue weighted by molar-refractivity contribution is 5.86. The molecule has 0 aliphatic carbocycles. The lowest BCUT2D eigenvalue weighted by Crippen LogP contribution is -2.19. The Morgan fingerprint density at radius 2 is 2.11 bits per heavy atom. The summed E-state index contributed by atoms with van der Waals surface area (Å²) in [4.78, 5) is 24.8. The zero-order valence-electron chi connectivity index (χ0n) is 10.2. The van der Waals surface area contributed by atoms with Gasteiger partial charge in [-0.3, -0.25) is 10.1 Å². The molecule has 0 fully saturated rings. The number of nitrogens with zero attached hydrogens (tertiary/aromatic N) is 2. The molecule has 0 aliphatic rings. The summed E-state index contributed by atoms with van der Waals surface area (Å²) in [5, 5.41) is 22.6. The fourth-order valence-corrected chi connectivity index (χ4v) is 1.51. The largest absolute Gasteiger partial charge is 0.477 e. The standard InChI is InChI=1S/C11H15N3O4/c1-3-7(4-2)12-10-9(14(17)18)6-5-8(13-10)11(15)16/h5-7H,3-4H2,1-2H3,(H,12,13)(H,15,16). The van der Waals surface area contributed by atoms with Crippen LogP contribution in [0, 0.1) is 10.1 Å². The van der Waals surface area contributed by atoms with Gasteiger partial charge in [-0.25, -0.2) is 9.78 Å². The van der Waals surface area contributed by atoms with Crippen LogP contribution in [0.25, 0.3) is 0 Å². The fraction of sp³-hybridized carbons (Fsp3) is 0.455. The first kappa shape index (κ1) is 13.9. The normalized spacial score (nSPS) is 10.4. The summed E-state index contributed by atoms with van der Waals surface area (Å²) in [6, 6.07) is 2.31. The number of aromatic nitrogens is 1. The van der Waals surface area contributed by atoms with Crippen molar-refractivity contribution >= 4 is 17.5 Å². The molecule has 0 atom stereocenters. The van der Waals surface area contributed by atoms with Crippen LogP contribution >= 0.6 is 0 Å². The number of carbonyl (C=O) groups is 1. The Kier molecular flexibility index (Phi) is 4.59. The van der Waals surface area contributed by atoms with E-state index in [1.165, 1.54) is 0 Å². The Morgan fingerprint density at radius 1 is 1.50 bits per heavy atom. The number of carboxylic acid groups (broad SMARTS) is 1. The van der Waals surface area contributed by atoms with Crippen molar-refractivity contribution in [2.75, 3.05) is 5.32 Å². The molecule has 0 bridgehead atoms. The van der Waals surface area contributed by atoms with Gasteiger partial charge in [-0.2, -0.15) is 0 Å². The summed E-state index contributed by atoms with van der Waals surface area (Å²) in [7, 11) is 0. The van der Waals surface area contributed by atoms with Gasteiger partial charge in [0.05, 0.1) is 4.92 Å². The molecule has 98 valence electrons. The first-order valence-corrected chi connectivity index (χ1v) is 5.64. The first-order chi connectivity index (χ1) is 8.49. The number of nitrogens with one attached hydrogen (secondary N) is 1. The first-order valence-electron chi connectivity index (χ1n) is 5.64. The molecule has 0 amide bonds. The van der Waals surface area contributed by atoms with Crippen molar-refractivity contribution in [2.24, 2.45) is 0 Å². The lowest BCUT2D eigenvalue weighted by atomic mass is 10.1. The Labute approximate surface area is 104 Å². The molecule has 1 rings (SSSR count). The quantitative estimate of drug-likeness (QED) is 0.595. The number of aromatic carboxylic acids is 1. The molecule has 0 saturated heterocycles. The van der Waals surface area contributed by atoms with E-state index in [4.69, 9.17) is 5.11 Å². The van der Waals surface area contributed by atoms with Gasteiger partial charge in [-0.05, 0) is 18.9 Å². The lowest BCUT2D eigenvalue weighted by Gasteiger charge is -2.15. The molecule has 0 radical (unpaired) electrons. The number of anilines is 1. The van der Waals surface area contributed by atoms with Gasteiger partial charge < -0.3 is 10.4 Å². The summed E-state index contributed by atoms with van der Waals surface area (Å²) in [5.74, 6) is -1.20. The van der Waals surface area contributed by atoms with Crippen molar-refractivity contribution in [1.29, 1.82) is 0 Å². The Morgan fingerprint density at radius 3 is 2.56 bits per heavy atom. The van der Waals surface area contributed by atoms with Crippen LogP contribution in [-0.2, 0) is 0 Å². The predicted octanol–water partition coefficient (Wildman–Crippen LogP) is 2.29. The van der Waals surface area contributed by atoms with Crippen LogP contribution in [0.2, 0.25) is 0 Å². The van der Waals surface area contributed by atoms with Crippen LogP contribution in [0.4, 0.5) is 11.5 Å². The molecular weight excluding hydrogens is 238 g/mol. The van der Waals surface area contributed by atoms with E-state index in [-0.39, 0.29) is 23.2 Å². The van der Waals surface area contributed by atoms with Crippen LogP contribution in [0.3, 0.4) is 0 Å². The average molecular weight is 253 g/mol. The van der Waals surface area contributed by atoms with E-state index in [2.05, 4.69) is 10.3 Å². The van der Waals surface area contributed by atoms with Crippen molar-refractivity contribution in [3.63, 3.8) is 0 Å². The van der Waals surface area contributed by atoms with E-state index < -0.39 is 10.9 Å². The van der Waals surface area contributed by atoms with Crippen molar-refractivity contribution < 1.29 is 14.8 Å². The van der Waals surface area contributed by atoms with Crippen LogP contribution in [0.15, 0.2) is 12.1 Å². The monoisotopic (exact) mass is 253 g/mol. The predicted molar refractivity (Wildman–Crippen MR) is 65.8 cm³/mol. The molecule has 0 aromatic carbocycles. The van der Waals surface area contributed by atoms with Crippen molar-refractivity contribution in [3.8, 4) is 0 Å².